The molecule has 6 nitrogen and oxygen atoms in total. The minimum atomic E-state index is -1.26. The number of aliphatic carboxylic acids is 2. The molecule has 0 radical (unpaired) electrons. The van der Waals surface area contributed by atoms with Crippen LogP contribution in [0.5, 0.6) is 17.2 Å². The van der Waals surface area contributed by atoms with Crippen LogP contribution >= 0.6 is 34.8 Å². The quantitative estimate of drug-likeness (QED) is 0.628. The summed E-state index contributed by atoms with van der Waals surface area (Å²) in [7, 11) is 0. The average Bonchev–Trinajstić information content (AvgIpc) is 2.51. The summed E-state index contributed by atoms with van der Waals surface area (Å²) < 4.78 is 5.45. The second kappa shape index (κ2) is 9.78. The third-order valence-corrected chi connectivity index (χ3v) is 3.17. The highest BCUT2D eigenvalue weighted by Crippen LogP contribution is 2.36. The molecule has 0 bridgehead atoms. The number of hydrogen-bond acceptors (Lipinski definition) is 4. The Morgan fingerprint density at radius 2 is 1.32 bits per heavy atom. The van der Waals surface area contributed by atoms with Crippen molar-refractivity contribution < 1.29 is 29.6 Å². The molecule has 0 aliphatic rings. The third kappa shape index (κ3) is 7.80. The van der Waals surface area contributed by atoms with E-state index in [9.17, 15) is 14.7 Å². The number of halogens is 3. The standard InChI is InChI=1S/C12H7Cl3O2.C4H4O4/c13-7-1-3-11(9(15)5-7)17-12-4-2-8(14)6-10(12)16;5-3(6)1-2-4(7)8/h1-6,16H;1-2H,(H,5,6)(H,7,8)/b;2-1-. The molecule has 0 saturated carbocycles. The van der Waals surface area contributed by atoms with Crippen molar-refractivity contribution >= 4 is 46.7 Å². The van der Waals surface area contributed by atoms with E-state index in [1.807, 2.05) is 0 Å². The highest BCUT2D eigenvalue weighted by Gasteiger charge is 2.08. The van der Waals surface area contributed by atoms with Crippen molar-refractivity contribution in [1.29, 1.82) is 0 Å². The van der Waals surface area contributed by atoms with Crippen LogP contribution in [-0.2, 0) is 9.59 Å². The number of phenols is 1. The summed E-state index contributed by atoms with van der Waals surface area (Å²) in [4.78, 5) is 19.1. The van der Waals surface area contributed by atoms with Gasteiger partial charge in [-0.25, -0.2) is 9.59 Å². The Balaban J connectivity index is 0.000000333. The van der Waals surface area contributed by atoms with E-state index in [2.05, 4.69) is 0 Å². The molecule has 0 atom stereocenters. The summed E-state index contributed by atoms with van der Waals surface area (Å²) >= 11 is 17.4. The second-order valence-corrected chi connectivity index (χ2v) is 5.58. The highest BCUT2D eigenvalue weighted by molar-refractivity contribution is 6.35. The van der Waals surface area contributed by atoms with Gasteiger partial charge in [-0.2, -0.15) is 0 Å². The minimum Gasteiger partial charge on any atom is -0.504 e. The Morgan fingerprint density at radius 1 is 0.840 bits per heavy atom. The summed E-state index contributed by atoms with van der Waals surface area (Å²) in [5, 5.41) is 26.6. The Labute approximate surface area is 157 Å². The van der Waals surface area contributed by atoms with Gasteiger partial charge in [0.1, 0.15) is 5.75 Å². The van der Waals surface area contributed by atoms with E-state index in [1.165, 1.54) is 6.07 Å². The molecule has 0 unspecified atom stereocenters. The van der Waals surface area contributed by atoms with Gasteiger partial charge in [0.15, 0.2) is 11.5 Å². The van der Waals surface area contributed by atoms with Crippen LogP contribution in [0.1, 0.15) is 0 Å². The fourth-order valence-electron chi connectivity index (χ4n) is 1.40. The number of hydrogen-bond donors (Lipinski definition) is 3. The molecule has 2 rings (SSSR count). The maximum atomic E-state index is 9.62. The SMILES string of the molecule is O=C(O)/C=C\C(=O)O.Oc1cc(Cl)ccc1Oc1ccc(Cl)cc1Cl. The molecule has 0 aliphatic heterocycles. The Hall–Kier alpha value is -2.41. The van der Waals surface area contributed by atoms with Crippen LogP contribution in [0.3, 0.4) is 0 Å². The molecule has 0 fully saturated rings. The van der Waals surface area contributed by atoms with E-state index in [0.29, 0.717) is 33.0 Å². The normalized spacial score (nSPS) is 10.0. The smallest absolute Gasteiger partial charge is 0.328 e. The van der Waals surface area contributed by atoms with Gasteiger partial charge in [-0.3, -0.25) is 0 Å². The first kappa shape index (κ1) is 20.6. The van der Waals surface area contributed by atoms with Gasteiger partial charge >= 0.3 is 11.9 Å². The topological polar surface area (TPSA) is 104 Å². The van der Waals surface area contributed by atoms with E-state index < -0.39 is 11.9 Å². The molecular formula is C16H11Cl3O6. The number of carbonyl (C=O) groups is 2. The molecule has 0 aromatic heterocycles. The zero-order chi connectivity index (χ0) is 19.0. The molecule has 0 saturated heterocycles. The largest absolute Gasteiger partial charge is 0.504 e. The van der Waals surface area contributed by atoms with E-state index in [4.69, 9.17) is 49.8 Å². The number of phenolic OH excluding ortho intramolecular Hbond substituents is 1. The number of rotatable bonds is 4. The van der Waals surface area contributed by atoms with E-state index in [0.717, 1.165) is 0 Å². The van der Waals surface area contributed by atoms with Crippen LogP contribution in [0.4, 0.5) is 0 Å². The van der Waals surface area contributed by atoms with Crippen LogP contribution in [-0.4, -0.2) is 27.3 Å². The van der Waals surface area contributed by atoms with Crippen molar-refractivity contribution in [1.82, 2.24) is 0 Å². The van der Waals surface area contributed by atoms with Crippen molar-refractivity contribution in [3.8, 4) is 17.2 Å². The van der Waals surface area contributed by atoms with E-state index >= 15 is 0 Å². The lowest BCUT2D eigenvalue weighted by molar-refractivity contribution is -0.134. The molecule has 25 heavy (non-hydrogen) atoms. The molecule has 0 heterocycles. The number of carboxylic acid groups (broad SMARTS) is 2. The molecule has 0 amide bonds. The Morgan fingerprint density at radius 3 is 1.76 bits per heavy atom. The zero-order valence-electron chi connectivity index (χ0n) is 12.3. The van der Waals surface area contributed by atoms with Gasteiger partial charge in [-0.05, 0) is 30.3 Å². The average molecular weight is 406 g/mol. The van der Waals surface area contributed by atoms with E-state index in [1.54, 1.807) is 30.3 Å². The maximum absolute atomic E-state index is 9.62. The fourth-order valence-corrected chi connectivity index (χ4v) is 2.01. The molecular weight excluding hydrogens is 395 g/mol. The zero-order valence-corrected chi connectivity index (χ0v) is 14.6. The second-order valence-electron chi connectivity index (χ2n) is 4.30. The van der Waals surface area contributed by atoms with Gasteiger partial charge in [-0.15, -0.1) is 0 Å². The van der Waals surface area contributed by atoms with Gasteiger partial charge in [0.2, 0.25) is 0 Å². The van der Waals surface area contributed by atoms with Gasteiger partial charge < -0.3 is 20.1 Å². The summed E-state index contributed by atoms with van der Waals surface area (Å²) in [5.41, 5.74) is 0. The third-order valence-electron chi connectivity index (χ3n) is 2.40. The van der Waals surface area contributed by atoms with E-state index in [-0.39, 0.29) is 11.5 Å². The summed E-state index contributed by atoms with van der Waals surface area (Å²) in [6.07, 6.45) is 1.12. The molecule has 2 aromatic rings. The fraction of sp³-hybridized carbons (Fsp3) is 0. The first-order valence-electron chi connectivity index (χ1n) is 6.44. The van der Waals surface area contributed by atoms with Gasteiger partial charge in [0.25, 0.3) is 0 Å². The maximum Gasteiger partial charge on any atom is 0.328 e. The molecule has 2 aromatic carbocycles. The van der Waals surface area contributed by atoms with Crippen LogP contribution in [0.25, 0.3) is 0 Å². The lowest BCUT2D eigenvalue weighted by atomic mass is 10.3. The number of ether oxygens (including phenoxy) is 1. The van der Waals surface area contributed by atoms with Crippen molar-refractivity contribution in [2.75, 3.05) is 0 Å². The Kier molecular flexibility index (Phi) is 8.07. The van der Waals surface area contributed by atoms with Gasteiger partial charge in [0.05, 0.1) is 5.02 Å². The number of aromatic hydroxyl groups is 1. The van der Waals surface area contributed by atoms with Crippen LogP contribution in [0, 0.1) is 0 Å². The van der Waals surface area contributed by atoms with Crippen LogP contribution < -0.4 is 4.74 Å². The first-order chi connectivity index (χ1) is 11.7. The minimum absolute atomic E-state index is 0.0523. The molecule has 0 spiro atoms. The molecule has 3 N–H and O–H groups in total. The summed E-state index contributed by atoms with van der Waals surface area (Å²) in [5.74, 6) is -1.88. The van der Waals surface area contributed by atoms with Gasteiger partial charge in [0, 0.05) is 28.3 Å². The lowest BCUT2D eigenvalue weighted by Gasteiger charge is -2.09. The predicted molar refractivity (Wildman–Crippen MR) is 94.1 cm³/mol. The number of carboxylic acids is 2. The van der Waals surface area contributed by atoms with Crippen molar-refractivity contribution in [3.05, 3.63) is 63.6 Å². The van der Waals surface area contributed by atoms with Crippen molar-refractivity contribution in [3.63, 3.8) is 0 Å². The summed E-state index contributed by atoms with van der Waals surface area (Å²) in [6, 6.07) is 9.39. The number of benzene rings is 2. The van der Waals surface area contributed by atoms with Crippen LogP contribution in [0.15, 0.2) is 48.6 Å². The first-order valence-corrected chi connectivity index (χ1v) is 7.57. The lowest BCUT2D eigenvalue weighted by Crippen LogP contribution is -1.91. The van der Waals surface area contributed by atoms with Crippen molar-refractivity contribution in [2.24, 2.45) is 0 Å². The Bertz CT molecular complexity index is 739. The van der Waals surface area contributed by atoms with Crippen molar-refractivity contribution in [2.45, 2.75) is 0 Å². The monoisotopic (exact) mass is 404 g/mol. The summed E-state index contributed by atoms with van der Waals surface area (Å²) in [6.45, 7) is 0. The molecule has 132 valence electrons. The highest BCUT2D eigenvalue weighted by atomic mass is 35.5. The predicted octanol–water partition coefficient (Wildman–Crippen LogP) is 4.86. The van der Waals surface area contributed by atoms with Gasteiger partial charge in [-0.1, -0.05) is 34.8 Å². The molecule has 9 heteroatoms. The molecule has 0 aliphatic carbocycles. The van der Waals surface area contributed by atoms with Crippen LogP contribution in [0.2, 0.25) is 15.1 Å².